The molecular weight excluding hydrogens is 266 g/mol. The van der Waals surface area contributed by atoms with E-state index in [0.29, 0.717) is 18.2 Å². The molecule has 1 aliphatic carbocycles. The zero-order valence-corrected chi connectivity index (χ0v) is 12.5. The Morgan fingerprint density at radius 3 is 2.71 bits per heavy atom. The average Bonchev–Trinajstić information content (AvgIpc) is 2.76. The van der Waals surface area contributed by atoms with Gasteiger partial charge < -0.3 is 15.2 Å². The molecule has 1 saturated carbocycles. The lowest BCUT2D eigenvalue weighted by Gasteiger charge is -2.15. The van der Waals surface area contributed by atoms with E-state index in [-0.39, 0.29) is 0 Å². The monoisotopic (exact) mass is 291 g/mol. The first-order chi connectivity index (χ1) is 10.3. The van der Waals surface area contributed by atoms with Crippen LogP contribution in [0.2, 0.25) is 0 Å². The first kappa shape index (κ1) is 16.0. The summed E-state index contributed by atoms with van der Waals surface area (Å²) < 4.78 is 5.91. The predicted molar refractivity (Wildman–Crippen MR) is 82.6 cm³/mol. The van der Waals surface area contributed by atoms with Crippen molar-refractivity contribution in [2.24, 2.45) is 0 Å². The van der Waals surface area contributed by atoms with Gasteiger partial charge in [-0.15, -0.1) is 0 Å². The third-order valence-electron chi connectivity index (χ3n) is 3.94. The zero-order chi connectivity index (χ0) is 14.9. The predicted octanol–water partition coefficient (Wildman–Crippen LogP) is 3.21. The molecule has 0 bridgehead atoms. The van der Waals surface area contributed by atoms with Crippen molar-refractivity contribution in [2.45, 2.75) is 51.2 Å². The van der Waals surface area contributed by atoms with E-state index < -0.39 is 5.97 Å². The molecule has 0 amide bonds. The molecule has 2 N–H and O–H groups in total. The van der Waals surface area contributed by atoms with Gasteiger partial charge in [-0.05, 0) is 30.5 Å². The van der Waals surface area contributed by atoms with Crippen LogP contribution < -0.4 is 5.32 Å². The van der Waals surface area contributed by atoms with Gasteiger partial charge in [-0.2, -0.15) is 0 Å². The van der Waals surface area contributed by atoms with Crippen LogP contribution in [0.3, 0.4) is 0 Å². The van der Waals surface area contributed by atoms with Crippen molar-refractivity contribution in [1.29, 1.82) is 0 Å². The Hall–Kier alpha value is -1.39. The van der Waals surface area contributed by atoms with E-state index in [1.807, 2.05) is 6.07 Å². The van der Waals surface area contributed by atoms with E-state index in [1.54, 1.807) is 18.2 Å². The summed E-state index contributed by atoms with van der Waals surface area (Å²) in [6, 6.07) is 7.04. The molecule has 1 aromatic carbocycles. The standard InChI is InChI=1S/C17H25NO3/c19-17(20)15-7-5-6-14(12-15)13-18-10-11-21-16-8-3-1-2-4-9-16/h5-7,12,16,18H,1-4,8-11,13H2,(H,19,20). The first-order valence-corrected chi connectivity index (χ1v) is 7.90. The van der Waals surface area contributed by atoms with Gasteiger partial charge in [0.15, 0.2) is 0 Å². The Kier molecular flexibility index (Phi) is 6.70. The van der Waals surface area contributed by atoms with Crippen LogP contribution in [0.4, 0.5) is 0 Å². The third-order valence-corrected chi connectivity index (χ3v) is 3.94. The maximum atomic E-state index is 10.9. The van der Waals surface area contributed by atoms with Gasteiger partial charge in [0, 0.05) is 13.1 Å². The smallest absolute Gasteiger partial charge is 0.335 e. The Balaban J connectivity index is 1.63. The summed E-state index contributed by atoms with van der Waals surface area (Å²) in [5.41, 5.74) is 1.33. The average molecular weight is 291 g/mol. The van der Waals surface area contributed by atoms with E-state index in [0.717, 1.165) is 18.7 Å². The SMILES string of the molecule is O=C(O)c1cccc(CNCCOC2CCCCCC2)c1. The minimum atomic E-state index is -0.881. The quantitative estimate of drug-likeness (QED) is 0.598. The molecule has 0 heterocycles. The molecule has 2 rings (SSSR count). The zero-order valence-electron chi connectivity index (χ0n) is 12.5. The molecule has 4 heteroatoms. The van der Waals surface area contributed by atoms with Crippen molar-refractivity contribution in [3.63, 3.8) is 0 Å². The summed E-state index contributed by atoms with van der Waals surface area (Å²) >= 11 is 0. The molecule has 0 aromatic heterocycles. The number of hydrogen-bond donors (Lipinski definition) is 2. The number of carboxylic acid groups (broad SMARTS) is 1. The van der Waals surface area contributed by atoms with Crippen LogP contribution in [-0.2, 0) is 11.3 Å². The molecule has 0 aliphatic heterocycles. The summed E-state index contributed by atoms with van der Waals surface area (Å²) in [5, 5.41) is 12.3. The number of aromatic carboxylic acids is 1. The van der Waals surface area contributed by atoms with E-state index in [9.17, 15) is 4.79 Å². The third kappa shape index (κ3) is 5.86. The van der Waals surface area contributed by atoms with E-state index in [4.69, 9.17) is 9.84 Å². The summed E-state index contributed by atoms with van der Waals surface area (Å²) in [6.07, 6.45) is 8.10. The molecule has 0 saturated heterocycles. The summed E-state index contributed by atoms with van der Waals surface area (Å²) in [7, 11) is 0. The van der Waals surface area contributed by atoms with Gasteiger partial charge in [-0.1, -0.05) is 37.8 Å². The van der Waals surface area contributed by atoms with Gasteiger partial charge in [0.25, 0.3) is 0 Å². The molecule has 1 aromatic rings. The maximum absolute atomic E-state index is 10.9. The number of rotatable bonds is 7. The second-order valence-corrected chi connectivity index (χ2v) is 5.67. The van der Waals surface area contributed by atoms with Crippen LogP contribution in [0.5, 0.6) is 0 Å². The topological polar surface area (TPSA) is 58.6 Å². The molecule has 1 aliphatic rings. The number of hydrogen-bond acceptors (Lipinski definition) is 3. The lowest BCUT2D eigenvalue weighted by atomic mass is 10.1. The number of ether oxygens (including phenoxy) is 1. The highest BCUT2D eigenvalue weighted by atomic mass is 16.5. The van der Waals surface area contributed by atoms with Crippen LogP contribution in [0.1, 0.15) is 54.4 Å². The lowest BCUT2D eigenvalue weighted by Crippen LogP contribution is -2.23. The van der Waals surface area contributed by atoms with Gasteiger partial charge >= 0.3 is 5.97 Å². The summed E-state index contributed by atoms with van der Waals surface area (Å²) in [4.78, 5) is 10.9. The Bertz CT molecular complexity index is 439. The Labute approximate surface area is 126 Å². The number of carboxylic acids is 1. The van der Waals surface area contributed by atoms with Crippen molar-refractivity contribution in [1.82, 2.24) is 5.32 Å². The Morgan fingerprint density at radius 2 is 2.00 bits per heavy atom. The van der Waals surface area contributed by atoms with Crippen molar-refractivity contribution >= 4 is 5.97 Å². The molecule has 116 valence electrons. The molecule has 0 spiro atoms. The highest BCUT2D eigenvalue weighted by Gasteiger charge is 2.11. The van der Waals surface area contributed by atoms with Crippen molar-refractivity contribution in [3.05, 3.63) is 35.4 Å². The molecule has 21 heavy (non-hydrogen) atoms. The minimum absolute atomic E-state index is 0.337. The molecule has 0 radical (unpaired) electrons. The van der Waals surface area contributed by atoms with Crippen molar-refractivity contribution < 1.29 is 14.6 Å². The highest BCUT2D eigenvalue weighted by molar-refractivity contribution is 5.87. The maximum Gasteiger partial charge on any atom is 0.335 e. The normalized spacial score (nSPS) is 16.6. The number of carbonyl (C=O) groups is 1. The minimum Gasteiger partial charge on any atom is -0.478 e. The van der Waals surface area contributed by atoms with E-state index in [2.05, 4.69) is 5.32 Å². The Morgan fingerprint density at radius 1 is 1.24 bits per heavy atom. The molecule has 0 unspecified atom stereocenters. The lowest BCUT2D eigenvalue weighted by molar-refractivity contribution is 0.0450. The first-order valence-electron chi connectivity index (χ1n) is 7.90. The second-order valence-electron chi connectivity index (χ2n) is 5.67. The van der Waals surface area contributed by atoms with Gasteiger partial charge in [0.05, 0.1) is 18.3 Å². The van der Waals surface area contributed by atoms with Gasteiger partial charge in [0.1, 0.15) is 0 Å². The van der Waals surface area contributed by atoms with Crippen LogP contribution in [-0.4, -0.2) is 30.3 Å². The number of benzene rings is 1. The summed E-state index contributed by atoms with van der Waals surface area (Å²) in [5.74, 6) is -0.881. The van der Waals surface area contributed by atoms with Crippen LogP contribution >= 0.6 is 0 Å². The fourth-order valence-electron chi connectivity index (χ4n) is 2.75. The summed E-state index contributed by atoms with van der Waals surface area (Å²) in [6.45, 7) is 2.20. The number of nitrogens with one attached hydrogen (secondary N) is 1. The highest BCUT2D eigenvalue weighted by Crippen LogP contribution is 2.19. The van der Waals surface area contributed by atoms with Crippen LogP contribution in [0.15, 0.2) is 24.3 Å². The molecule has 1 fully saturated rings. The largest absolute Gasteiger partial charge is 0.478 e. The van der Waals surface area contributed by atoms with Crippen molar-refractivity contribution in [3.8, 4) is 0 Å². The fourth-order valence-corrected chi connectivity index (χ4v) is 2.75. The molecule has 4 nitrogen and oxygen atoms in total. The van der Waals surface area contributed by atoms with Gasteiger partial charge in [0.2, 0.25) is 0 Å². The van der Waals surface area contributed by atoms with Gasteiger partial charge in [-0.3, -0.25) is 0 Å². The molecular formula is C17H25NO3. The molecule has 0 atom stereocenters. The van der Waals surface area contributed by atoms with E-state index in [1.165, 1.54) is 38.5 Å². The van der Waals surface area contributed by atoms with E-state index >= 15 is 0 Å². The van der Waals surface area contributed by atoms with Gasteiger partial charge in [-0.25, -0.2) is 4.79 Å². The second kappa shape index (κ2) is 8.80. The van der Waals surface area contributed by atoms with Crippen molar-refractivity contribution in [2.75, 3.05) is 13.2 Å². The van der Waals surface area contributed by atoms with Crippen LogP contribution in [0.25, 0.3) is 0 Å². The fraction of sp³-hybridized carbons (Fsp3) is 0.588. The van der Waals surface area contributed by atoms with Crippen LogP contribution in [0, 0.1) is 0 Å².